The lowest BCUT2D eigenvalue weighted by Gasteiger charge is -2.20. The molecule has 0 aliphatic carbocycles. The molecule has 1 aromatic carbocycles. The van der Waals surface area contributed by atoms with Crippen LogP contribution in [-0.4, -0.2) is 29.1 Å². The number of benzene rings is 1. The first kappa shape index (κ1) is 14.8. The van der Waals surface area contributed by atoms with Gasteiger partial charge >= 0.3 is 5.97 Å². The van der Waals surface area contributed by atoms with Crippen molar-refractivity contribution in [3.63, 3.8) is 0 Å². The van der Waals surface area contributed by atoms with Crippen molar-refractivity contribution in [3.8, 4) is 5.75 Å². The van der Waals surface area contributed by atoms with Crippen LogP contribution < -0.4 is 15.8 Å². The van der Waals surface area contributed by atoms with E-state index in [1.165, 1.54) is 18.2 Å². The Morgan fingerprint density at radius 3 is 2.53 bits per heavy atom. The molecule has 4 N–H and O–H groups in total. The smallest absolute Gasteiger partial charge is 0.339 e. The number of nitrogens with two attached hydrogens (primary N) is 1. The van der Waals surface area contributed by atoms with Gasteiger partial charge in [0.1, 0.15) is 5.56 Å². The molecule has 0 heterocycles. The Hall–Kier alpha value is -2.24. The minimum atomic E-state index is -1.15. The minimum absolute atomic E-state index is 0.0130. The van der Waals surface area contributed by atoms with Crippen molar-refractivity contribution < 1.29 is 19.4 Å². The number of nitrogen functional groups attached to an aromatic ring is 1. The molecule has 19 heavy (non-hydrogen) atoms. The maximum atomic E-state index is 11.6. The largest absolute Gasteiger partial charge is 0.481 e. The van der Waals surface area contributed by atoms with E-state index in [9.17, 15) is 9.59 Å². The van der Waals surface area contributed by atoms with E-state index in [0.717, 1.165) is 0 Å². The van der Waals surface area contributed by atoms with Gasteiger partial charge in [-0.05, 0) is 32.9 Å². The first-order valence-electron chi connectivity index (χ1n) is 5.76. The van der Waals surface area contributed by atoms with E-state index >= 15 is 0 Å². The van der Waals surface area contributed by atoms with Crippen LogP contribution in [0.5, 0.6) is 5.75 Å². The lowest BCUT2D eigenvalue weighted by atomic mass is 10.1. The van der Waals surface area contributed by atoms with Gasteiger partial charge in [-0.2, -0.15) is 0 Å². The molecule has 6 nitrogen and oxygen atoms in total. The van der Waals surface area contributed by atoms with Gasteiger partial charge in [-0.15, -0.1) is 0 Å². The van der Waals surface area contributed by atoms with Gasteiger partial charge in [0.05, 0.1) is 5.69 Å². The molecule has 0 atom stereocenters. The Morgan fingerprint density at radius 2 is 2.00 bits per heavy atom. The molecule has 1 amide bonds. The summed E-state index contributed by atoms with van der Waals surface area (Å²) in [7, 11) is 0. The van der Waals surface area contributed by atoms with Crippen molar-refractivity contribution >= 4 is 17.6 Å². The maximum absolute atomic E-state index is 11.6. The molecular weight excluding hydrogens is 248 g/mol. The Balaban J connectivity index is 2.78. The van der Waals surface area contributed by atoms with Crippen LogP contribution >= 0.6 is 0 Å². The van der Waals surface area contributed by atoms with E-state index < -0.39 is 5.97 Å². The molecule has 0 fully saturated rings. The van der Waals surface area contributed by atoms with Gasteiger partial charge in [-0.1, -0.05) is 6.07 Å². The van der Waals surface area contributed by atoms with Crippen LogP contribution in [0.3, 0.4) is 0 Å². The van der Waals surface area contributed by atoms with Gasteiger partial charge in [-0.25, -0.2) is 4.79 Å². The van der Waals surface area contributed by atoms with Gasteiger partial charge in [0.2, 0.25) is 0 Å². The van der Waals surface area contributed by atoms with E-state index in [0.29, 0.717) is 0 Å². The second-order valence-corrected chi connectivity index (χ2v) is 5.12. The Labute approximate surface area is 111 Å². The van der Waals surface area contributed by atoms with Crippen molar-refractivity contribution in [1.29, 1.82) is 0 Å². The number of ether oxygens (including phenoxy) is 1. The van der Waals surface area contributed by atoms with Crippen molar-refractivity contribution in [3.05, 3.63) is 23.8 Å². The minimum Gasteiger partial charge on any atom is -0.481 e. The Kier molecular flexibility index (Phi) is 4.37. The summed E-state index contributed by atoms with van der Waals surface area (Å²) >= 11 is 0. The molecular formula is C13H18N2O4. The van der Waals surface area contributed by atoms with Crippen molar-refractivity contribution in [2.24, 2.45) is 0 Å². The first-order chi connectivity index (χ1) is 8.70. The second-order valence-electron chi connectivity index (χ2n) is 5.12. The van der Waals surface area contributed by atoms with E-state index in [1.807, 2.05) is 20.8 Å². The summed E-state index contributed by atoms with van der Waals surface area (Å²) in [5.41, 5.74) is 5.39. The monoisotopic (exact) mass is 266 g/mol. The molecule has 0 saturated heterocycles. The summed E-state index contributed by atoms with van der Waals surface area (Å²) in [6.45, 7) is 5.23. The highest BCUT2D eigenvalue weighted by molar-refractivity contribution is 5.93. The normalized spacial score (nSPS) is 10.9. The average molecular weight is 266 g/mol. The summed E-state index contributed by atoms with van der Waals surface area (Å²) in [6.07, 6.45) is 0. The summed E-state index contributed by atoms with van der Waals surface area (Å²) in [5.74, 6) is -1.48. The SMILES string of the molecule is CC(C)(C)NC(=O)COc1c(N)cccc1C(=O)O. The van der Waals surface area contributed by atoms with Gasteiger partial charge in [0.15, 0.2) is 12.4 Å². The third kappa shape index (κ3) is 4.50. The van der Waals surface area contributed by atoms with E-state index in [2.05, 4.69) is 5.32 Å². The van der Waals surface area contributed by atoms with Crippen LogP contribution in [0.4, 0.5) is 5.69 Å². The molecule has 0 aromatic heterocycles. The fourth-order valence-electron chi connectivity index (χ4n) is 1.48. The number of aromatic carboxylic acids is 1. The van der Waals surface area contributed by atoms with Gasteiger partial charge < -0.3 is 20.9 Å². The molecule has 1 rings (SSSR count). The zero-order valence-corrected chi connectivity index (χ0v) is 11.2. The molecule has 104 valence electrons. The van der Waals surface area contributed by atoms with Crippen LogP contribution in [0.15, 0.2) is 18.2 Å². The topological polar surface area (TPSA) is 102 Å². The number of anilines is 1. The van der Waals surface area contributed by atoms with Gasteiger partial charge in [-0.3, -0.25) is 4.79 Å². The quantitative estimate of drug-likeness (QED) is 0.712. The van der Waals surface area contributed by atoms with Crippen LogP contribution in [0.2, 0.25) is 0 Å². The van der Waals surface area contributed by atoms with E-state index in [1.54, 1.807) is 0 Å². The molecule has 1 aromatic rings. The van der Waals surface area contributed by atoms with Crippen LogP contribution in [0, 0.1) is 0 Å². The zero-order chi connectivity index (χ0) is 14.6. The van der Waals surface area contributed by atoms with E-state index in [-0.39, 0.29) is 35.1 Å². The highest BCUT2D eigenvalue weighted by Gasteiger charge is 2.17. The molecule has 6 heteroatoms. The van der Waals surface area contributed by atoms with Crippen molar-refractivity contribution in [2.45, 2.75) is 26.3 Å². The predicted octanol–water partition coefficient (Wildman–Crippen LogP) is 1.26. The third-order valence-corrected chi connectivity index (χ3v) is 2.14. The van der Waals surface area contributed by atoms with Gasteiger partial charge in [0, 0.05) is 5.54 Å². The number of carbonyl (C=O) groups excluding carboxylic acids is 1. The molecule has 0 saturated carbocycles. The molecule has 0 bridgehead atoms. The van der Waals surface area contributed by atoms with Crippen LogP contribution in [0.1, 0.15) is 31.1 Å². The predicted molar refractivity (Wildman–Crippen MR) is 71.2 cm³/mol. The fourth-order valence-corrected chi connectivity index (χ4v) is 1.48. The standard InChI is InChI=1S/C13H18N2O4/c1-13(2,3)15-10(16)7-19-11-8(12(17)18)5-4-6-9(11)14/h4-6H,7,14H2,1-3H3,(H,15,16)(H,17,18). The second kappa shape index (κ2) is 5.60. The third-order valence-electron chi connectivity index (χ3n) is 2.14. The molecule has 0 spiro atoms. The summed E-state index contributed by atoms with van der Waals surface area (Å²) in [6, 6.07) is 4.40. The summed E-state index contributed by atoms with van der Waals surface area (Å²) in [5, 5.41) is 11.7. The van der Waals surface area contributed by atoms with Crippen molar-refractivity contribution in [1.82, 2.24) is 5.32 Å². The number of amides is 1. The maximum Gasteiger partial charge on any atom is 0.339 e. The first-order valence-corrected chi connectivity index (χ1v) is 5.76. The molecule has 0 aliphatic heterocycles. The highest BCUT2D eigenvalue weighted by Crippen LogP contribution is 2.26. The van der Waals surface area contributed by atoms with Gasteiger partial charge in [0.25, 0.3) is 5.91 Å². The lowest BCUT2D eigenvalue weighted by molar-refractivity contribution is -0.124. The highest BCUT2D eigenvalue weighted by atomic mass is 16.5. The average Bonchev–Trinajstić information content (AvgIpc) is 2.24. The van der Waals surface area contributed by atoms with Crippen molar-refractivity contribution in [2.75, 3.05) is 12.3 Å². The zero-order valence-electron chi connectivity index (χ0n) is 11.2. The molecule has 0 radical (unpaired) electrons. The summed E-state index contributed by atoms with van der Waals surface area (Å²) < 4.78 is 5.22. The summed E-state index contributed by atoms with van der Waals surface area (Å²) in [4.78, 5) is 22.6. The number of nitrogens with one attached hydrogen (secondary N) is 1. The number of hydrogen-bond donors (Lipinski definition) is 3. The molecule has 0 unspecified atom stereocenters. The number of carboxylic acids is 1. The number of carboxylic acid groups (broad SMARTS) is 1. The lowest BCUT2D eigenvalue weighted by Crippen LogP contribution is -2.43. The number of hydrogen-bond acceptors (Lipinski definition) is 4. The Morgan fingerprint density at radius 1 is 1.37 bits per heavy atom. The number of rotatable bonds is 4. The van der Waals surface area contributed by atoms with Crippen LogP contribution in [-0.2, 0) is 4.79 Å². The van der Waals surface area contributed by atoms with E-state index in [4.69, 9.17) is 15.6 Å². The fraction of sp³-hybridized carbons (Fsp3) is 0.385. The van der Waals surface area contributed by atoms with Crippen LogP contribution in [0.25, 0.3) is 0 Å². The molecule has 0 aliphatic rings. The number of carbonyl (C=O) groups is 2. The number of para-hydroxylation sites is 1. The Bertz CT molecular complexity index is 492.